The maximum atomic E-state index is 13.1. The van der Waals surface area contributed by atoms with Gasteiger partial charge < -0.3 is 19.9 Å². The van der Waals surface area contributed by atoms with Gasteiger partial charge >= 0.3 is 0 Å². The first kappa shape index (κ1) is 18.7. The van der Waals surface area contributed by atoms with Crippen molar-refractivity contribution in [3.05, 3.63) is 70.0 Å². The Morgan fingerprint density at radius 2 is 1.90 bits per heavy atom. The molecule has 1 fully saturated rings. The third kappa shape index (κ3) is 3.59. The number of carbonyl (C=O) groups excluding carboxylic acids is 2. The van der Waals surface area contributed by atoms with E-state index in [1.807, 2.05) is 25.1 Å². The van der Waals surface area contributed by atoms with E-state index in [-0.39, 0.29) is 17.0 Å². The Hall–Kier alpha value is -3.61. The Labute approximate surface area is 167 Å². The number of fused-ring (bicyclic) bond motifs is 1. The van der Waals surface area contributed by atoms with E-state index in [0.29, 0.717) is 29.9 Å². The van der Waals surface area contributed by atoms with Gasteiger partial charge in [0, 0.05) is 29.7 Å². The Morgan fingerprint density at radius 1 is 1.14 bits per heavy atom. The first-order chi connectivity index (χ1) is 14.0. The maximum absolute atomic E-state index is 13.1. The van der Waals surface area contributed by atoms with Crippen LogP contribution in [0.25, 0.3) is 10.9 Å². The summed E-state index contributed by atoms with van der Waals surface area (Å²) in [6.07, 6.45) is 0.372. The molecule has 148 valence electrons. The van der Waals surface area contributed by atoms with Gasteiger partial charge in [-0.15, -0.1) is 0 Å². The molecule has 2 N–H and O–H groups in total. The van der Waals surface area contributed by atoms with E-state index < -0.39 is 11.9 Å². The molecule has 1 aromatic heterocycles. The van der Waals surface area contributed by atoms with E-state index in [9.17, 15) is 14.4 Å². The Kier molecular flexibility index (Phi) is 4.80. The summed E-state index contributed by atoms with van der Waals surface area (Å²) in [6, 6.07) is 13.2. The van der Waals surface area contributed by atoms with Crippen molar-refractivity contribution < 1.29 is 14.3 Å². The van der Waals surface area contributed by atoms with Gasteiger partial charge in [0.05, 0.1) is 7.11 Å². The number of nitrogens with one attached hydrogen (secondary N) is 2. The van der Waals surface area contributed by atoms with E-state index >= 15 is 0 Å². The molecule has 7 nitrogen and oxygen atoms in total. The molecule has 0 saturated carbocycles. The number of H-pyrrole nitrogens is 1. The molecule has 2 amide bonds. The molecule has 1 aliphatic rings. The fraction of sp³-hybridized carbons (Fsp3) is 0.227. The molecular formula is C22H21N3O4. The maximum Gasteiger partial charge on any atom is 0.254 e. The Morgan fingerprint density at radius 3 is 2.52 bits per heavy atom. The second kappa shape index (κ2) is 7.43. The van der Waals surface area contributed by atoms with Crippen LogP contribution in [0.3, 0.4) is 0 Å². The highest BCUT2D eigenvalue weighted by Gasteiger charge is 2.38. The molecule has 29 heavy (non-hydrogen) atoms. The number of hydrogen-bond acceptors (Lipinski definition) is 4. The molecule has 1 saturated heterocycles. The van der Waals surface area contributed by atoms with E-state index in [1.54, 1.807) is 37.4 Å². The topological polar surface area (TPSA) is 91.5 Å². The van der Waals surface area contributed by atoms with Crippen molar-refractivity contribution in [1.82, 2.24) is 9.88 Å². The van der Waals surface area contributed by atoms with E-state index in [1.165, 1.54) is 4.90 Å². The fourth-order valence-electron chi connectivity index (χ4n) is 3.49. The highest BCUT2D eigenvalue weighted by atomic mass is 16.5. The minimum atomic E-state index is -0.994. The molecule has 7 heteroatoms. The third-order valence-electron chi connectivity index (χ3n) is 5.13. The zero-order chi connectivity index (χ0) is 20.5. The second-order valence-corrected chi connectivity index (χ2v) is 7.10. The minimum absolute atomic E-state index is 0.149. The van der Waals surface area contributed by atoms with Crippen LogP contribution >= 0.6 is 0 Å². The SMILES string of the molecule is COc1ccc(NC(=O)[C@H](c2cc3cc(C)ccc3[nH]c2=O)N2CCC2=O)cc1. The monoisotopic (exact) mass is 391 g/mol. The minimum Gasteiger partial charge on any atom is -0.497 e. The molecule has 3 aromatic rings. The van der Waals surface area contributed by atoms with Gasteiger partial charge in [0.2, 0.25) is 5.91 Å². The molecule has 1 aliphatic heterocycles. The van der Waals surface area contributed by atoms with Crippen LogP contribution < -0.4 is 15.6 Å². The smallest absolute Gasteiger partial charge is 0.254 e. The summed E-state index contributed by atoms with van der Waals surface area (Å²) in [4.78, 5) is 42.3. The fourth-order valence-corrected chi connectivity index (χ4v) is 3.49. The van der Waals surface area contributed by atoms with Crippen LogP contribution in [0.1, 0.15) is 23.6 Å². The molecule has 0 radical (unpaired) electrons. The van der Waals surface area contributed by atoms with Gasteiger partial charge in [-0.1, -0.05) is 11.6 Å². The number of aromatic nitrogens is 1. The highest BCUT2D eigenvalue weighted by molar-refractivity contribution is 5.99. The lowest BCUT2D eigenvalue weighted by Crippen LogP contribution is -2.50. The highest BCUT2D eigenvalue weighted by Crippen LogP contribution is 2.28. The average Bonchev–Trinajstić information content (AvgIpc) is 2.71. The van der Waals surface area contributed by atoms with Gasteiger partial charge in [0.1, 0.15) is 11.8 Å². The number of benzene rings is 2. The standard InChI is InChI=1S/C22H21N3O4/c1-13-3-8-18-14(11-13)12-17(21(27)24-18)20(25-10-9-19(25)26)22(28)23-15-4-6-16(29-2)7-5-15/h3-8,11-12,20H,9-10H2,1-2H3,(H,23,28)(H,24,27)/t20-/m0/s1. The Bertz CT molecular complexity index is 1150. The molecule has 0 bridgehead atoms. The molecule has 2 heterocycles. The Balaban J connectivity index is 1.73. The third-order valence-corrected chi connectivity index (χ3v) is 5.13. The lowest BCUT2D eigenvalue weighted by atomic mass is 9.99. The number of methoxy groups -OCH3 is 1. The number of ether oxygens (including phenoxy) is 1. The quantitative estimate of drug-likeness (QED) is 0.654. The van der Waals surface area contributed by atoms with Crippen LogP contribution in [0, 0.1) is 6.92 Å². The molecule has 0 unspecified atom stereocenters. The molecular weight excluding hydrogens is 370 g/mol. The number of nitrogens with zero attached hydrogens (tertiary/aromatic N) is 1. The van der Waals surface area contributed by atoms with Crippen molar-refractivity contribution in [1.29, 1.82) is 0 Å². The van der Waals surface area contributed by atoms with Crippen molar-refractivity contribution in [3.8, 4) is 5.75 Å². The van der Waals surface area contributed by atoms with Crippen LogP contribution in [0.4, 0.5) is 5.69 Å². The summed E-state index contributed by atoms with van der Waals surface area (Å²) < 4.78 is 5.12. The van der Waals surface area contributed by atoms with Gasteiger partial charge in [-0.3, -0.25) is 14.4 Å². The summed E-state index contributed by atoms with van der Waals surface area (Å²) in [5.41, 5.74) is 2.16. The van der Waals surface area contributed by atoms with Gasteiger partial charge in [-0.05, 0) is 54.8 Å². The van der Waals surface area contributed by atoms with Crippen molar-refractivity contribution in [2.45, 2.75) is 19.4 Å². The summed E-state index contributed by atoms with van der Waals surface area (Å²) in [7, 11) is 1.56. The van der Waals surface area contributed by atoms with Crippen molar-refractivity contribution in [2.24, 2.45) is 0 Å². The predicted molar refractivity (Wildman–Crippen MR) is 110 cm³/mol. The van der Waals surface area contributed by atoms with Crippen LogP contribution in [-0.4, -0.2) is 35.4 Å². The van der Waals surface area contributed by atoms with Gasteiger partial charge in [0.25, 0.3) is 11.5 Å². The van der Waals surface area contributed by atoms with Crippen molar-refractivity contribution in [2.75, 3.05) is 19.0 Å². The zero-order valence-corrected chi connectivity index (χ0v) is 16.2. The number of hydrogen-bond donors (Lipinski definition) is 2. The average molecular weight is 391 g/mol. The number of likely N-dealkylation sites (tertiary alicyclic amines) is 1. The number of carbonyl (C=O) groups is 2. The number of β-lactam (4-membered cyclic amide) rings is 1. The first-order valence-electron chi connectivity index (χ1n) is 9.34. The zero-order valence-electron chi connectivity index (χ0n) is 16.2. The van der Waals surface area contributed by atoms with Crippen molar-refractivity contribution >= 4 is 28.4 Å². The first-order valence-corrected chi connectivity index (χ1v) is 9.34. The summed E-state index contributed by atoms with van der Waals surface area (Å²) >= 11 is 0. The van der Waals surface area contributed by atoms with Gasteiger partial charge in [-0.25, -0.2) is 0 Å². The van der Waals surface area contributed by atoms with Gasteiger partial charge in [-0.2, -0.15) is 0 Å². The van der Waals surface area contributed by atoms with Gasteiger partial charge in [0.15, 0.2) is 0 Å². The van der Waals surface area contributed by atoms with Crippen LogP contribution in [0.15, 0.2) is 53.3 Å². The number of rotatable bonds is 5. The molecule has 2 aromatic carbocycles. The number of aromatic amines is 1. The number of amides is 2. The summed E-state index contributed by atoms with van der Waals surface area (Å²) in [6.45, 7) is 2.39. The number of pyridine rings is 1. The van der Waals surface area contributed by atoms with Crippen LogP contribution in [0.2, 0.25) is 0 Å². The molecule has 0 aliphatic carbocycles. The number of aryl methyl sites for hydroxylation is 1. The predicted octanol–water partition coefficient (Wildman–Crippen LogP) is 2.76. The normalized spacial score (nSPS) is 14.4. The summed E-state index contributed by atoms with van der Waals surface area (Å²) in [5.74, 6) is 0.0863. The van der Waals surface area contributed by atoms with Crippen LogP contribution in [-0.2, 0) is 9.59 Å². The number of anilines is 1. The molecule has 4 rings (SSSR count). The molecule has 0 spiro atoms. The van der Waals surface area contributed by atoms with Crippen molar-refractivity contribution in [3.63, 3.8) is 0 Å². The summed E-state index contributed by atoms with van der Waals surface area (Å²) in [5, 5.41) is 3.62. The molecule has 1 atom stereocenters. The lowest BCUT2D eigenvalue weighted by Gasteiger charge is -2.37. The van der Waals surface area contributed by atoms with E-state index in [2.05, 4.69) is 10.3 Å². The van der Waals surface area contributed by atoms with E-state index in [4.69, 9.17) is 4.74 Å². The second-order valence-electron chi connectivity index (χ2n) is 7.10. The largest absolute Gasteiger partial charge is 0.497 e. The lowest BCUT2D eigenvalue weighted by molar-refractivity contribution is -0.147. The van der Waals surface area contributed by atoms with Crippen LogP contribution in [0.5, 0.6) is 5.75 Å². The van der Waals surface area contributed by atoms with E-state index in [0.717, 1.165) is 10.9 Å².